The van der Waals surface area contributed by atoms with E-state index in [4.69, 9.17) is 9.47 Å². The topological polar surface area (TPSA) is 185 Å². The number of allylic oxidation sites excluding steroid dienone is 1. The van der Waals surface area contributed by atoms with Crippen molar-refractivity contribution in [2.45, 2.75) is 9.87 Å². The molecule has 0 radical (unpaired) electrons. The molecule has 0 spiro atoms. The van der Waals surface area contributed by atoms with Crippen molar-refractivity contribution in [3.05, 3.63) is 53.3 Å². The average molecular weight is 460 g/mol. The largest absolute Gasteiger partial charge is 1.00 e. The van der Waals surface area contributed by atoms with Gasteiger partial charge in [-0.15, -0.1) is 0 Å². The molecule has 29 heavy (non-hydrogen) atoms. The number of para-hydroxylation sites is 1. The molecule has 0 amide bonds. The van der Waals surface area contributed by atoms with Crippen LogP contribution in [0.5, 0.6) is 5.75 Å². The van der Waals surface area contributed by atoms with Crippen molar-refractivity contribution in [1.82, 2.24) is 0 Å². The Morgan fingerprint density at radius 3 is 1.86 bits per heavy atom. The Morgan fingerprint density at radius 1 is 0.966 bits per heavy atom. The second kappa shape index (κ2) is 8.45. The number of aromatic hydroxyl groups is 1. The number of aliphatic hydroxyl groups excluding tert-OH is 1. The number of ketones is 1. The van der Waals surface area contributed by atoms with Gasteiger partial charge in [-0.2, -0.15) is 16.8 Å². The van der Waals surface area contributed by atoms with Gasteiger partial charge in [0.25, 0.3) is 24.3 Å². The number of aliphatic hydroxyl groups is 1. The first-order chi connectivity index (χ1) is 12.8. The van der Waals surface area contributed by atoms with E-state index < -0.39 is 58.5 Å². The molecule has 0 heterocycles. The van der Waals surface area contributed by atoms with Crippen LogP contribution in [-0.2, 0) is 29.7 Å². The normalized spacial score (nSPS) is 18.2. The number of hydrogen-bond donors (Lipinski definition) is 4. The minimum absolute atomic E-state index is 0. The molecule has 0 saturated carbocycles. The third-order valence-electron chi connectivity index (χ3n) is 4.19. The van der Waals surface area contributed by atoms with Gasteiger partial charge in [-0.25, -0.2) is 0 Å². The summed E-state index contributed by atoms with van der Waals surface area (Å²) in [6.45, 7) is 0. The van der Waals surface area contributed by atoms with E-state index in [0.29, 0.717) is 6.08 Å². The quantitative estimate of drug-likeness (QED) is 0.153. The van der Waals surface area contributed by atoms with Crippen LogP contribution in [0.3, 0.4) is 0 Å². The van der Waals surface area contributed by atoms with Gasteiger partial charge >= 0.3 is 29.6 Å². The van der Waals surface area contributed by atoms with Crippen molar-refractivity contribution in [2.75, 3.05) is 14.2 Å². The third-order valence-corrected chi connectivity index (χ3v) is 7.79. The van der Waals surface area contributed by atoms with Crippen molar-refractivity contribution >= 4 is 26.0 Å². The van der Waals surface area contributed by atoms with Crippen molar-refractivity contribution in [2.24, 2.45) is 0 Å². The Hall–Kier alpha value is -1.29. The van der Waals surface area contributed by atoms with Gasteiger partial charge in [-0.3, -0.25) is 13.9 Å². The summed E-state index contributed by atoms with van der Waals surface area (Å²) < 4.78 is 73.6. The van der Waals surface area contributed by atoms with Crippen LogP contribution in [0.2, 0.25) is 0 Å². The number of methoxy groups -OCH3 is 2. The summed E-state index contributed by atoms with van der Waals surface area (Å²) in [4.78, 5) is 12.7. The predicted molar refractivity (Wildman–Crippen MR) is 94.9 cm³/mol. The van der Waals surface area contributed by atoms with Crippen LogP contribution in [0, 0.1) is 0 Å². The Morgan fingerprint density at radius 2 is 1.45 bits per heavy atom. The van der Waals surface area contributed by atoms with E-state index in [1.54, 1.807) is 0 Å². The van der Waals surface area contributed by atoms with E-state index in [1.165, 1.54) is 12.1 Å². The van der Waals surface area contributed by atoms with Gasteiger partial charge in [-0.1, -0.05) is 12.1 Å². The van der Waals surface area contributed by atoms with Crippen LogP contribution >= 0.6 is 0 Å². The number of benzene rings is 1. The van der Waals surface area contributed by atoms with Gasteiger partial charge in [0.2, 0.25) is 5.79 Å². The molecule has 1 aromatic carbocycles. The molecule has 1 aliphatic carbocycles. The summed E-state index contributed by atoms with van der Waals surface area (Å²) in [7, 11) is -10.0. The molecular formula is C15H17NaO11S2. The Bertz CT molecular complexity index is 1060. The van der Waals surface area contributed by atoms with E-state index >= 15 is 0 Å². The zero-order chi connectivity index (χ0) is 21.5. The Balaban J connectivity index is 0.00000420. The monoisotopic (exact) mass is 460 g/mol. The fourth-order valence-electron chi connectivity index (χ4n) is 2.84. The molecule has 0 aliphatic heterocycles. The number of carbonyl (C=O) groups is 1. The van der Waals surface area contributed by atoms with Gasteiger partial charge in [0, 0.05) is 20.3 Å². The maximum absolute atomic E-state index is 12.7. The standard InChI is InChI=1S/C15H16O11S2.Na.H/c1-25-14(26-2)8-12(17)10(13(18)9-5-3-4-6-11(9)16)7-15(14,27(19,20)21)28(22,23)24;;/h3-8,16-17H,1-2H3,(H,19,20,21)(H,22,23,24);;/q;+1;-1. The first-order valence-electron chi connectivity index (χ1n) is 7.30. The third kappa shape index (κ3) is 3.89. The van der Waals surface area contributed by atoms with E-state index in [0.717, 1.165) is 26.4 Å². The van der Waals surface area contributed by atoms with E-state index in [2.05, 4.69) is 0 Å². The fourth-order valence-corrected chi connectivity index (χ4v) is 5.61. The molecule has 0 saturated heterocycles. The van der Waals surface area contributed by atoms with Gasteiger partial charge in [-0.05, 0) is 18.2 Å². The number of carbonyl (C=O) groups excluding carboxylic acids is 1. The second-order valence-corrected chi connectivity index (χ2v) is 9.07. The van der Waals surface area contributed by atoms with Crippen LogP contribution in [0.1, 0.15) is 11.8 Å². The van der Waals surface area contributed by atoms with Crippen LogP contribution < -0.4 is 29.6 Å². The first-order valence-corrected chi connectivity index (χ1v) is 10.2. The van der Waals surface area contributed by atoms with E-state index in [1.807, 2.05) is 0 Å². The molecule has 11 nitrogen and oxygen atoms in total. The van der Waals surface area contributed by atoms with Crippen LogP contribution in [0.4, 0.5) is 0 Å². The van der Waals surface area contributed by atoms with Gasteiger partial charge < -0.3 is 21.1 Å². The van der Waals surface area contributed by atoms with E-state index in [-0.39, 0.29) is 37.1 Å². The van der Waals surface area contributed by atoms with Crippen LogP contribution in [0.15, 0.2) is 47.7 Å². The van der Waals surface area contributed by atoms with Gasteiger partial charge in [0.1, 0.15) is 11.5 Å². The summed E-state index contributed by atoms with van der Waals surface area (Å²) in [5.74, 6) is -5.70. The summed E-state index contributed by atoms with van der Waals surface area (Å²) in [6.07, 6.45) is 0.483. The Kier molecular flexibility index (Phi) is 7.50. The molecule has 2 rings (SSSR count). The number of phenols is 1. The van der Waals surface area contributed by atoms with Crippen LogP contribution in [-0.4, -0.2) is 66.0 Å². The van der Waals surface area contributed by atoms with Crippen molar-refractivity contribution in [3.8, 4) is 5.75 Å². The number of rotatable bonds is 6. The van der Waals surface area contributed by atoms with Crippen LogP contribution in [0.25, 0.3) is 0 Å². The molecule has 0 fully saturated rings. The smallest absolute Gasteiger partial charge is 1.00 e. The molecule has 0 atom stereocenters. The van der Waals surface area contributed by atoms with Crippen molar-refractivity contribution in [1.29, 1.82) is 0 Å². The molecule has 4 N–H and O–H groups in total. The number of Topliss-reactive ketones (excluding diaryl/α,β-unsaturated/α-hetero) is 1. The zero-order valence-corrected chi connectivity index (χ0v) is 19.1. The number of ether oxygens (including phenoxy) is 2. The molecule has 156 valence electrons. The first kappa shape index (κ1) is 25.7. The predicted octanol–water partition coefficient (Wildman–Crippen LogP) is -2.47. The molecule has 0 aromatic heterocycles. The summed E-state index contributed by atoms with van der Waals surface area (Å²) in [5, 5.41) is 20.0. The van der Waals surface area contributed by atoms with Gasteiger partial charge in [0.15, 0.2) is 5.78 Å². The van der Waals surface area contributed by atoms with Gasteiger partial charge in [0.05, 0.1) is 11.1 Å². The maximum Gasteiger partial charge on any atom is 1.00 e. The van der Waals surface area contributed by atoms with E-state index in [9.17, 15) is 40.9 Å². The number of phenolic OH excluding ortho intramolecular Hbond substituents is 1. The zero-order valence-electron chi connectivity index (χ0n) is 16.4. The summed E-state index contributed by atoms with van der Waals surface area (Å²) >= 11 is 0. The average Bonchev–Trinajstić information content (AvgIpc) is 2.59. The molecular weight excluding hydrogens is 443 g/mol. The van der Waals surface area contributed by atoms with Crippen molar-refractivity contribution in [3.63, 3.8) is 0 Å². The second-order valence-electron chi connectivity index (χ2n) is 5.63. The number of hydrogen-bond acceptors (Lipinski definition) is 9. The molecule has 0 bridgehead atoms. The fraction of sp³-hybridized carbons (Fsp3) is 0.267. The minimum atomic E-state index is -5.79. The van der Waals surface area contributed by atoms with Crippen molar-refractivity contribution < 1.29 is 81.4 Å². The Labute approximate surface area is 189 Å². The summed E-state index contributed by atoms with van der Waals surface area (Å²) in [6, 6.07) is 4.94. The minimum Gasteiger partial charge on any atom is -1.00 e. The maximum atomic E-state index is 12.7. The molecule has 1 aromatic rings. The molecule has 14 heteroatoms. The molecule has 1 aliphatic rings. The summed E-state index contributed by atoms with van der Waals surface area (Å²) in [5.41, 5.74) is -1.38. The molecule has 0 unspecified atom stereocenters. The SMILES string of the molecule is COC1(OC)C=C(O)C(C(=O)c2ccccc2O)=CC1(S(=O)(=O)O)S(=O)(=O)O.[H-].[Na+].